The van der Waals surface area contributed by atoms with E-state index in [0.29, 0.717) is 6.42 Å². The van der Waals surface area contributed by atoms with Crippen LogP contribution < -0.4 is 4.90 Å². The summed E-state index contributed by atoms with van der Waals surface area (Å²) in [4.78, 5) is 24.1. The third kappa shape index (κ3) is 2.64. The molecule has 4 nitrogen and oxygen atoms in total. The number of benzene rings is 1. The molecule has 4 heteroatoms. The van der Waals surface area contributed by atoms with Gasteiger partial charge in [0.25, 0.3) is 0 Å². The highest BCUT2D eigenvalue weighted by Gasteiger charge is 2.22. The second kappa shape index (κ2) is 4.99. The minimum atomic E-state index is -0.978. The van der Waals surface area contributed by atoms with E-state index in [0.717, 1.165) is 30.5 Å². The minimum absolute atomic E-state index is 0.0976. The van der Waals surface area contributed by atoms with E-state index in [1.165, 1.54) is 4.90 Å². The molecule has 1 aromatic rings. The Morgan fingerprint density at radius 2 is 1.94 bits per heavy atom. The average molecular weight is 233 g/mol. The topological polar surface area (TPSA) is 57.6 Å². The number of carboxylic acid groups (broad SMARTS) is 1. The Bertz CT molecular complexity index is 442. The molecule has 1 aliphatic rings. The normalized spacial score (nSPS) is 16.0. The van der Waals surface area contributed by atoms with Crippen LogP contribution in [-0.4, -0.2) is 23.5 Å². The summed E-state index contributed by atoms with van der Waals surface area (Å²) in [6, 6.07) is 7.54. The summed E-state index contributed by atoms with van der Waals surface area (Å²) < 4.78 is 0. The van der Waals surface area contributed by atoms with Crippen molar-refractivity contribution < 1.29 is 14.7 Å². The van der Waals surface area contributed by atoms with Crippen molar-refractivity contribution >= 4 is 17.6 Å². The number of hydrogen-bond acceptors (Lipinski definition) is 2. The van der Waals surface area contributed by atoms with Crippen molar-refractivity contribution in [2.24, 2.45) is 0 Å². The highest BCUT2D eigenvalue weighted by Crippen LogP contribution is 2.25. The van der Waals surface area contributed by atoms with Gasteiger partial charge in [0.05, 0.1) is 0 Å². The number of fused-ring (bicyclic) bond motifs is 1. The Labute approximate surface area is 99.9 Å². The quantitative estimate of drug-likeness (QED) is 0.847. The first-order valence-electron chi connectivity index (χ1n) is 5.78. The summed E-state index contributed by atoms with van der Waals surface area (Å²) in [5, 5.41) is 8.88. The second-order valence-electron chi connectivity index (χ2n) is 4.21. The number of amides is 1. The summed E-state index contributed by atoms with van der Waals surface area (Å²) >= 11 is 0. The van der Waals surface area contributed by atoms with Crippen LogP contribution in [-0.2, 0) is 16.0 Å². The number of aryl methyl sites for hydroxylation is 1. The summed E-state index contributed by atoms with van der Waals surface area (Å²) in [7, 11) is 0. The van der Waals surface area contributed by atoms with E-state index >= 15 is 0 Å². The molecule has 0 fully saturated rings. The SMILES string of the molecule is O=C(O)CN1C(=O)CCCCc2ccccc21. The number of para-hydroxylation sites is 1. The van der Waals surface area contributed by atoms with Gasteiger partial charge >= 0.3 is 5.97 Å². The predicted molar refractivity (Wildman–Crippen MR) is 64.0 cm³/mol. The zero-order valence-corrected chi connectivity index (χ0v) is 9.56. The van der Waals surface area contributed by atoms with Crippen LogP contribution in [0.3, 0.4) is 0 Å². The molecule has 1 aliphatic heterocycles. The van der Waals surface area contributed by atoms with Gasteiger partial charge in [-0.3, -0.25) is 9.59 Å². The van der Waals surface area contributed by atoms with E-state index in [4.69, 9.17) is 5.11 Å². The molecule has 1 N–H and O–H groups in total. The van der Waals surface area contributed by atoms with Gasteiger partial charge in [0, 0.05) is 12.1 Å². The van der Waals surface area contributed by atoms with E-state index in [1.54, 1.807) is 0 Å². The van der Waals surface area contributed by atoms with Crippen LogP contribution >= 0.6 is 0 Å². The minimum Gasteiger partial charge on any atom is -0.480 e. The van der Waals surface area contributed by atoms with Crippen molar-refractivity contribution in [2.75, 3.05) is 11.4 Å². The molecule has 1 heterocycles. The highest BCUT2D eigenvalue weighted by molar-refractivity contribution is 5.98. The number of nitrogens with zero attached hydrogens (tertiary/aromatic N) is 1. The van der Waals surface area contributed by atoms with Gasteiger partial charge in [-0.2, -0.15) is 0 Å². The van der Waals surface area contributed by atoms with E-state index in [9.17, 15) is 9.59 Å². The molecule has 0 saturated carbocycles. The first-order chi connectivity index (χ1) is 8.18. The molecule has 0 bridgehead atoms. The molecule has 2 rings (SSSR count). The zero-order valence-electron chi connectivity index (χ0n) is 9.56. The monoisotopic (exact) mass is 233 g/mol. The van der Waals surface area contributed by atoms with Gasteiger partial charge in [-0.15, -0.1) is 0 Å². The van der Waals surface area contributed by atoms with Gasteiger partial charge in [-0.05, 0) is 30.9 Å². The Morgan fingerprint density at radius 3 is 2.71 bits per heavy atom. The molecular formula is C13H15NO3. The van der Waals surface area contributed by atoms with Crippen LogP contribution in [0, 0.1) is 0 Å². The number of carboxylic acids is 1. The van der Waals surface area contributed by atoms with E-state index < -0.39 is 5.97 Å². The number of rotatable bonds is 2. The summed E-state index contributed by atoms with van der Waals surface area (Å²) in [5.41, 5.74) is 1.81. The molecule has 1 amide bonds. The summed E-state index contributed by atoms with van der Waals surface area (Å²) in [6.45, 7) is -0.254. The fourth-order valence-corrected chi connectivity index (χ4v) is 2.16. The number of carbonyl (C=O) groups is 2. The molecule has 0 unspecified atom stereocenters. The third-order valence-corrected chi connectivity index (χ3v) is 2.96. The molecule has 0 aliphatic carbocycles. The number of hydrogen-bond donors (Lipinski definition) is 1. The zero-order chi connectivity index (χ0) is 12.3. The van der Waals surface area contributed by atoms with Crippen LogP contribution in [0.4, 0.5) is 5.69 Å². The van der Waals surface area contributed by atoms with Gasteiger partial charge in [-0.25, -0.2) is 0 Å². The van der Waals surface area contributed by atoms with Crippen molar-refractivity contribution in [1.29, 1.82) is 0 Å². The maximum atomic E-state index is 11.9. The van der Waals surface area contributed by atoms with E-state index in [-0.39, 0.29) is 12.5 Å². The van der Waals surface area contributed by atoms with Crippen LogP contribution in [0.1, 0.15) is 24.8 Å². The Morgan fingerprint density at radius 1 is 1.24 bits per heavy atom. The maximum Gasteiger partial charge on any atom is 0.323 e. The van der Waals surface area contributed by atoms with Gasteiger partial charge < -0.3 is 10.0 Å². The van der Waals surface area contributed by atoms with Crippen molar-refractivity contribution in [3.63, 3.8) is 0 Å². The Kier molecular flexibility index (Phi) is 3.42. The smallest absolute Gasteiger partial charge is 0.323 e. The lowest BCUT2D eigenvalue weighted by molar-refractivity contribution is -0.136. The Hall–Kier alpha value is -1.84. The number of carbonyl (C=O) groups excluding carboxylic acids is 1. The molecular weight excluding hydrogens is 218 g/mol. The number of anilines is 1. The lowest BCUT2D eigenvalue weighted by Gasteiger charge is -2.25. The lowest BCUT2D eigenvalue weighted by Crippen LogP contribution is -2.36. The predicted octanol–water partition coefficient (Wildman–Crippen LogP) is 1.83. The highest BCUT2D eigenvalue weighted by atomic mass is 16.4. The molecule has 1 aromatic carbocycles. The van der Waals surface area contributed by atoms with E-state index in [1.807, 2.05) is 24.3 Å². The van der Waals surface area contributed by atoms with Crippen molar-refractivity contribution in [2.45, 2.75) is 25.7 Å². The van der Waals surface area contributed by atoms with Gasteiger partial charge in [0.2, 0.25) is 5.91 Å². The van der Waals surface area contributed by atoms with Gasteiger partial charge in [0.15, 0.2) is 0 Å². The van der Waals surface area contributed by atoms with Crippen LogP contribution in [0.2, 0.25) is 0 Å². The van der Waals surface area contributed by atoms with Gasteiger partial charge in [-0.1, -0.05) is 18.2 Å². The molecule has 0 spiro atoms. The fraction of sp³-hybridized carbons (Fsp3) is 0.385. The molecule has 0 radical (unpaired) electrons. The molecule has 90 valence electrons. The molecule has 0 atom stereocenters. The fourth-order valence-electron chi connectivity index (χ4n) is 2.16. The first-order valence-corrected chi connectivity index (χ1v) is 5.78. The largest absolute Gasteiger partial charge is 0.480 e. The molecule has 0 saturated heterocycles. The van der Waals surface area contributed by atoms with Crippen molar-refractivity contribution in [3.05, 3.63) is 29.8 Å². The third-order valence-electron chi connectivity index (χ3n) is 2.96. The Balaban J connectivity index is 2.39. The lowest BCUT2D eigenvalue weighted by atomic mass is 10.0. The summed E-state index contributed by atoms with van der Waals surface area (Å²) in [5.74, 6) is -1.08. The molecule has 17 heavy (non-hydrogen) atoms. The van der Waals surface area contributed by atoms with Gasteiger partial charge in [0.1, 0.15) is 6.54 Å². The standard InChI is InChI=1S/C13H15NO3/c15-12-8-4-2-6-10-5-1-3-7-11(10)14(12)9-13(16)17/h1,3,5,7H,2,4,6,8-9H2,(H,16,17). The van der Waals surface area contributed by atoms with Crippen molar-refractivity contribution in [3.8, 4) is 0 Å². The number of aliphatic carboxylic acids is 1. The van der Waals surface area contributed by atoms with Crippen molar-refractivity contribution in [1.82, 2.24) is 0 Å². The first kappa shape index (κ1) is 11.6. The van der Waals surface area contributed by atoms with E-state index in [2.05, 4.69) is 0 Å². The van der Waals surface area contributed by atoms with Crippen LogP contribution in [0.15, 0.2) is 24.3 Å². The summed E-state index contributed by atoms with van der Waals surface area (Å²) in [6.07, 6.45) is 3.13. The molecule has 0 aromatic heterocycles. The van der Waals surface area contributed by atoms with Crippen LogP contribution in [0.5, 0.6) is 0 Å². The maximum absolute atomic E-state index is 11.9. The van der Waals surface area contributed by atoms with Crippen LogP contribution in [0.25, 0.3) is 0 Å². The average Bonchev–Trinajstić information content (AvgIpc) is 2.30. The second-order valence-corrected chi connectivity index (χ2v) is 4.21.